The van der Waals surface area contributed by atoms with Crippen molar-refractivity contribution in [2.24, 2.45) is 5.73 Å². The van der Waals surface area contributed by atoms with E-state index in [4.69, 9.17) is 5.73 Å². The molecule has 0 bridgehead atoms. The fraction of sp³-hybridized carbons (Fsp3) is 0.273. The molecule has 96 valence electrons. The van der Waals surface area contributed by atoms with Gasteiger partial charge in [0.15, 0.2) is 0 Å². The minimum absolute atomic E-state index is 0.301. The second kappa shape index (κ2) is 5.03. The molecular formula is C11H10F3N3S. The maximum atomic E-state index is 12.5. The molecule has 2 aromatic rings. The van der Waals surface area contributed by atoms with Gasteiger partial charge in [0.05, 0.1) is 17.3 Å². The van der Waals surface area contributed by atoms with E-state index in [0.717, 1.165) is 23.7 Å². The summed E-state index contributed by atoms with van der Waals surface area (Å²) >= 11 is 1.16. The molecule has 0 fully saturated rings. The Hall–Kier alpha value is -1.47. The zero-order valence-electron chi connectivity index (χ0n) is 9.19. The molecule has 0 radical (unpaired) electrons. The first-order valence-corrected chi connectivity index (χ1v) is 5.99. The van der Waals surface area contributed by atoms with Gasteiger partial charge in [0, 0.05) is 5.38 Å². The normalized spacial score (nSPS) is 13.6. The zero-order chi connectivity index (χ0) is 13.2. The van der Waals surface area contributed by atoms with Crippen molar-refractivity contribution in [3.8, 4) is 0 Å². The Morgan fingerprint density at radius 1 is 1.33 bits per heavy atom. The highest BCUT2D eigenvalue weighted by Crippen LogP contribution is 2.30. The molecule has 1 aromatic heterocycles. The molecule has 2 N–H and O–H groups in total. The highest BCUT2D eigenvalue weighted by molar-refractivity contribution is 7.03. The number of rotatable bonds is 3. The van der Waals surface area contributed by atoms with Crippen LogP contribution in [0.4, 0.5) is 13.2 Å². The van der Waals surface area contributed by atoms with Gasteiger partial charge in [0.1, 0.15) is 0 Å². The van der Waals surface area contributed by atoms with E-state index in [-0.39, 0.29) is 0 Å². The highest BCUT2D eigenvalue weighted by atomic mass is 32.1. The first kappa shape index (κ1) is 13.0. The fourth-order valence-corrected chi connectivity index (χ4v) is 2.09. The van der Waals surface area contributed by atoms with Crippen molar-refractivity contribution in [1.29, 1.82) is 0 Å². The number of aromatic nitrogens is 2. The van der Waals surface area contributed by atoms with Crippen LogP contribution in [0.25, 0.3) is 0 Å². The van der Waals surface area contributed by atoms with E-state index >= 15 is 0 Å². The van der Waals surface area contributed by atoms with E-state index in [9.17, 15) is 13.2 Å². The predicted octanol–water partition coefficient (Wildman–Crippen LogP) is 2.80. The van der Waals surface area contributed by atoms with Crippen LogP contribution in [0.15, 0.2) is 29.6 Å². The van der Waals surface area contributed by atoms with E-state index in [1.54, 1.807) is 11.4 Å². The van der Waals surface area contributed by atoms with Crippen molar-refractivity contribution in [1.82, 2.24) is 9.59 Å². The highest BCUT2D eigenvalue weighted by Gasteiger charge is 2.30. The number of hydrogen-bond acceptors (Lipinski definition) is 4. The maximum absolute atomic E-state index is 12.5. The van der Waals surface area contributed by atoms with Gasteiger partial charge in [-0.3, -0.25) is 0 Å². The van der Waals surface area contributed by atoms with Gasteiger partial charge in [-0.1, -0.05) is 22.7 Å². The van der Waals surface area contributed by atoms with Gasteiger partial charge in [-0.25, -0.2) is 0 Å². The third kappa shape index (κ3) is 3.05. The lowest BCUT2D eigenvalue weighted by molar-refractivity contribution is -0.137. The molecule has 0 saturated heterocycles. The average Bonchev–Trinajstić information content (AvgIpc) is 2.81. The van der Waals surface area contributed by atoms with Crippen molar-refractivity contribution in [2.45, 2.75) is 18.6 Å². The second-order valence-electron chi connectivity index (χ2n) is 3.84. The number of hydrogen-bond donors (Lipinski definition) is 1. The van der Waals surface area contributed by atoms with E-state index in [0.29, 0.717) is 17.7 Å². The van der Waals surface area contributed by atoms with Crippen LogP contribution in [0.5, 0.6) is 0 Å². The number of nitrogens with zero attached hydrogens (tertiary/aromatic N) is 2. The SMILES string of the molecule is NC(Cc1cccc(C(F)(F)F)c1)c1csnn1. The van der Waals surface area contributed by atoms with Crippen molar-refractivity contribution >= 4 is 11.5 Å². The van der Waals surface area contributed by atoms with Crippen LogP contribution in [0.2, 0.25) is 0 Å². The molecule has 1 atom stereocenters. The number of nitrogens with two attached hydrogens (primary N) is 1. The molecule has 1 heterocycles. The molecule has 2 rings (SSSR count). The van der Waals surface area contributed by atoms with Gasteiger partial charge < -0.3 is 5.73 Å². The van der Waals surface area contributed by atoms with Crippen molar-refractivity contribution < 1.29 is 13.2 Å². The van der Waals surface area contributed by atoms with Gasteiger partial charge in [0.25, 0.3) is 0 Å². The van der Waals surface area contributed by atoms with E-state index in [2.05, 4.69) is 9.59 Å². The lowest BCUT2D eigenvalue weighted by Gasteiger charge is -2.11. The van der Waals surface area contributed by atoms with Crippen LogP contribution in [0.3, 0.4) is 0 Å². The molecule has 1 unspecified atom stereocenters. The second-order valence-corrected chi connectivity index (χ2v) is 4.45. The van der Waals surface area contributed by atoms with Crippen LogP contribution in [-0.2, 0) is 12.6 Å². The summed E-state index contributed by atoms with van der Waals surface area (Å²) in [6.07, 6.45) is -4.03. The van der Waals surface area contributed by atoms with E-state index in [1.165, 1.54) is 6.07 Å². The van der Waals surface area contributed by atoms with Crippen LogP contribution in [-0.4, -0.2) is 9.59 Å². The van der Waals surface area contributed by atoms with Crippen LogP contribution < -0.4 is 5.73 Å². The number of halogens is 3. The molecule has 0 spiro atoms. The minimum Gasteiger partial charge on any atom is -0.322 e. The van der Waals surface area contributed by atoms with Crippen LogP contribution in [0.1, 0.15) is 22.9 Å². The third-order valence-electron chi connectivity index (χ3n) is 2.47. The largest absolute Gasteiger partial charge is 0.416 e. The Labute approximate surface area is 106 Å². The molecule has 7 heteroatoms. The van der Waals surface area contributed by atoms with Gasteiger partial charge in [0.2, 0.25) is 0 Å². The molecule has 0 aliphatic carbocycles. The minimum atomic E-state index is -4.33. The van der Waals surface area contributed by atoms with Crippen molar-refractivity contribution in [3.63, 3.8) is 0 Å². The van der Waals surface area contributed by atoms with Crippen molar-refractivity contribution in [3.05, 3.63) is 46.5 Å². The summed E-state index contributed by atoms with van der Waals surface area (Å²) in [7, 11) is 0. The van der Waals surface area contributed by atoms with Gasteiger partial charge in [-0.15, -0.1) is 5.10 Å². The quantitative estimate of drug-likeness (QED) is 0.935. The topological polar surface area (TPSA) is 51.8 Å². The molecule has 0 amide bonds. The molecule has 3 nitrogen and oxygen atoms in total. The Morgan fingerprint density at radius 2 is 2.11 bits per heavy atom. The lowest BCUT2D eigenvalue weighted by Crippen LogP contribution is -2.14. The predicted molar refractivity (Wildman–Crippen MR) is 62.0 cm³/mol. The van der Waals surface area contributed by atoms with Gasteiger partial charge in [-0.05, 0) is 29.6 Å². The summed E-state index contributed by atoms with van der Waals surface area (Å²) in [4.78, 5) is 0. The van der Waals surface area contributed by atoms with Gasteiger partial charge in [-0.2, -0.15) is 13.2 Å². The summed E-state index contributed by atoms with van der Waals surface area (Å²) in [5, 5.41) is 5.50. The number of benzene rings is 1. The summed E-state index contributed by atoms with van der Waals surface area (Å²) in [5.41, 5.74) is 6.32. The summed E-state index contributed by atoms with van der Waals surface area (Å²) in [6, 6.07) is 4.71. The lowest BCUT2D eigenvalue weighted by atomic mass is 10.0. The molecule has 0 aliphatic heterocycles. The molecule has 1 aromatic carbocycles. The third-order valence-corrected chi connectivity index (χ3v) is 2.99. The molecule has 0 aliphatic rings. The molecular weight excluding hydrogens is 263 g/mol. The standard InChI is InChI=1S/C11H10F3N3S/c12-11(13,14)8-3-1-2-7(4-8)5-9(15)10-6-18-17-16-10/h1-4,6,9H,5,15H2. The summed E-state index contributed by atoms with van der Waals surface area (Å²) in [5.74, 6) is 0. The number of alkyl halides is 3. The Bertz CT molecular complexity index is 511. The fourth-order valence-electron chi connectivity index (χ4n) is 1.57. The Kier molecular flexibility index (Phi) is 3.63. The first-order chi connectivity index (χ1) is 8.47. The molecule has 0 saturated carbocycles. The van der Waals surface area contributed by atoms with Crippen LogP contribution >= 0.6 is 11.5 Å². The molecule has 18 heavy (non-hydrogen) atoms. The zero-order valence-corrected chi connectivity index (χ0v) is 10.0. The monoisotopic (exact) mass is 273 g/mol. The maximum Gasteiger partial charge on any atom is 0.416 e. The first-order valence-electron chi connectivity index (χ1n) is 5.15. The van der Waals surface area contributed by atoms with Crippen LogP contribution in [0, 0.1) is 0 Å². The van der Waals surface area contributed by atoms with Crippen molar-refractivity contribution in [2.75, 3.05) is 0 Å². The summed E-state index contributed by atoms with van der Waals surface area (Å²) < 4.78 is 41.3. The van der Waals surface area contributed by atoms with E-state index in [1.807, 2.05) is 0 Å². The van der Waals surface area contributed by atoms with Gasteiger partial charge >= 0.3 is 6.18 Å². The Morgan fingerprint density at radius 3 is 2.72 bits per heavy atom. The average molecular weight is 273 g/mol. The Balaban J connectivity index is 2.15. The van der Waals surface area contributed by atoms with E-state index < -0.39 is 17.8 Å². The smallest absolute Gasteiger partial charge is 0.322 e. The summed E-state index contributed by atoms with van der Waals surface area (Å²) in [6.45, 7) is 0.